The summed E-state index contributed by atoms with van der Waals surface area (Å²) in [7, 11) is 0. The number of alkyl halides is 3. The van der Waals surface area contributed by atoms with Gasteiger partial charge < -0.3 is 9.88 Å². The van der Waals surface area contributed by atoms with Crippen molar-refractivity contribution < 1.29 is 13.2 Å². The quantitative estimate of drug-likeness (QED) is 0.418. The Labute approximate surface area is 198 Å². The van der Waals surface area contributed by atoms with Gasteiger partial charge in [0.2, 0.25) is 0 Å². The number of benzene rings is 1. The first-order valence-corrected chi connectivity index (χ1v) is 12.0. The van der Waals surface area contributed by atoms with Crippen molar-refractivity contribution >= 4 is 38.3 Å². The normalized spacial score (nSPS) is 18.1. The Kier molecular flexibility index (Phi) is 4.87. The molecule has 5 heterocycles. The van der Waals surface area contributed by atoms with Gasteiger partial charge in [-0.1, -0.05) is 18.1 Å². The zero-order valence-corrected chi connectivity index (χ0v) is 19.1. The van der Waals surface area contributed by atoms with Crippen LogP contribution >= 0.6 is 11.3 Å². The second-order valence-corrected chi connectivity index (χ2v) is 10.6. The minimum Gasteiger partial charge on any atom is -0.355 e. The monoisotopic (exact) mass is 481 g/mol. The number of fused-ring (bicyclic) bond motifs is 2. The highest BCUT2D eigenvalue weighted by Gasteiger charge is 2.48. The number of anilines is 1. The van der Waals surface area contributed by atoms with E-state index in [1.807, 2.05) is 6.07 Å². The van der Waals surface area contributed by atoms with Crippen molar-refractivity contribution in [3.8, 4) is 12.3 Å². The molecule has 2 aliphatic heterocycles. The summed E-state index contributed by atoms with van der Waals surface area (Å²) in [6, 6.07) is 10.0. The molecule has 1 aromatic carbocycles. The maximum Gasteiger partial charge on any atom is 0.393 e. The van der Waals surface area contributed by atoms with Gasteiger partial charge in [-0.3, -0.25) is 4.90 Å². The molecule has 1 N–H and O–H groups in total. The van der Waals surface area contributed by atoms with Gasteiger partial charge in [0.05, 0.1) is 17.5 Å². The van der Waals surface area contributed by atoms with Crippen molar-refractivity contribution in [3.63, 3.8) is 0 Å². The van der Waals surface area contributed by atoms with E-state index in [-0.39, 0.29) is 10.3 Å². The molecule has 0 amide bonds. The summed E-state index contributed by atoms with van der Waals surface area (Å²) < 4.78 is 38.6. The SMILES string of the molecule is C#Cc1cc2ccc(CN3CC4(CCN(c5ncnc6sc(CC(F)(F)F)cc56)C4)C3)cc2[nH]1. The zero-order valence-electron chi connectivity index (χ0n) is 18.3. The fourth-order valence-corrected chi connectivity index (χ4v) is 6.45. The van der Waals surface area contributed by atoms with Gasteiger partial charge in [-0.2, -0.15) is 13.2 Å². The topological polar surface area (TPSA) is 48.1 Å². The van der Waals surface area contributed by atoms with Crippen LogP contribution in [0.2, 0.25) is 0 Å². The lowest BCUT2D eigenvalue weighted by Crippen LogP contribution is -2.56. The number of nitrogens with zero attached hydrogens (tertiary/aromatic N) is 4. The third-order valence-corrected chi connectivity index (χ3v) is 7.88. The van der Waals surface area contributed by atoms with Crippen LogP contribution < -0.4 is 4.90 Å². The number of terminal acetylenes is 1. The lowest BCUT2D eigenvalue weighted by atomic mass is 9.79. The van der Waals surface area contributed by atoms with E-state index < -0.39 is 12.6 Å². The average Bonchev–Trinajstić information content (AvgIpc) is 3.47. The van der Waals surface area contributed by atoms with Crippen molar-refractivity contribution in [2.45, 2.75) is 25.6 Å². The number of aromatic nitrogens is 3. The number of thiophene rings is 1. The van der Waals surface area contributed by atoms with Crippen molar-refractivity contribution in [1.29, 1.82) is 0 Å². The van der Waals surface area contributed by atoms with Crippen LogP contribution in [0.3, 0.4) is 0 Å². The lowest BCUT2D eigenvalue weighted by molar-refractivity contribution is -0.126. The Bertz CT molecular complexity index is 1420. The minimum absolute atomic E-state index is 0.204. The van der Waals surface area contributed by atoms with Crippen LogP contribution in [0.15, 0.2) is 36.7 Å². The average molecular weight is 482 g/mol. The van der Waals surface area contributed by atoms with E-state index in [2.05, 4.69) is 48.9 Å². The molecule has 5 nitrogen and oxygen atoms in total. The lowest BCUT2D eigenvalue weighted by Gasteiger charge is -2.48. The van der Waals surface area contributed by atoms with E-state index in [9.17, 15) is 13.2 Å². The summed E-state index contributed by atoms with van der Waals surface area (Å²) in [5, 5.41) is 1.84. The van der Waals surface area contributed by atoms with Crippen LogP contribution in [0.25, 0.3) is 21.1 Å². The maximum absolute atomic E-state index is 12.9. The largest absolute Gasteiger partial charge is 0.393 e. The number of H-pyrrole nitrogens is 1. The summed E-state index contributed by atoms with van der Waals surface area (Å²) in [4.78, 5) is 17.5. The van der Waals surface area contributed by atoms with Gasteiger partial charge in [0, 0.05) is 53.9 Å². The fourth-order valence-electron chi connectivity index (χ4n) is 5.43. The molecule has 34 heavy (non-hydrogen) atoms. The Morgan fingerprint density at radius 1 is 1.15 bits per heavy atom. The molecule has 1 spiro atoms. The van der Waals surface area contributed by atoms with Crippen LogP contribution in [0.1, 0.15) is 22.6 Å². The standard InChI is InChI=1S/C25H22F3N5S/c1-2-18-8-17-4-3-16(7-21(17)31-18)11-32-12-24(13-32)5-6-33(14-24)22-20-9-19(10-25(26,27)28)34-23(20)30-15-29-22/h1,3-4,7-9,15,31H,5-6,10-14H2. The molecule has 3 aromatic heterocycles. The molecule has 2 fully saturated rings. The first-order valence-electron chi connectivity index (χ1n) is 11.1. The van der Waals surface area contributed by atoms with Gasteiger partial charge in [0.15, 0.2) is 0 Å². The number of halogens is 3. The smallest absolute Gasteiger partial charge is 0.355 e. The molecule has 0 aliphatic carbocycles. The maximum atomic E-state index is 12.9. The number of rotatable bonds is 4. The molecule has 6 rings (SSSR count). The molecule has 2 saturated heterocycles. The molecule has 0 radical (unpaired) electrons. The molecular formula is C25H22F3N5S. The molecule has 0 unspecified atom stereocenters. The molecule has 0 bridgehead atoms. The Morgan fingerprint density at radius 2 is 2.00 bits per heavy atom. The Hall–Kier alpha value is -3.09. The van der Waals surface area contributed by atoms with E-state index >= 15 is 0 Å². The summed E-state index contributed by atoms with van der Waals surface area (Å²) >= 11 is 1.10. The molecule has 0 saturated carbocycles. The second-order valence-electron chi connectivity index (χ2n) is 9.49. The third kappa shape index (κ3) is 3.91. The highest BCUT2D eigenvalue weighted by Crippen LogP contribution is 2.43. The van der Waals surface area contributed by atoms with Crippen LogP contribution in [0.5, 0.6) is 0 Å². The van der Waals surface area contributed by atoms with Crippen LogP contribution in [0, 0.1) is 17.8 Å². The number of aromatic amines is 1. The first-order chi connectivity index (χ1) is 16.3. The molecule has 174 valence electrons. The number of hydrogen-bond donors (Lipinski definition) is 1. The van der Waals surface area contributed by atoms with Crippen LogP contribution in [-0.2, 0) is 13.0 Å². The van der Waals surface area contributed by atoms with E-state index in [1.54, 1.807) is 6.07 Å². The summed E-state index contributed by atoms with van der Waals surface area (Å²) in [5.74, 6) is 3.40. The zero-order chi connectivity index (χ0) is 23.5. The summed E-state index contributed by atoms with van der Waals surface area (Å²) in [6.45, 7) is 4.60. The van der Waals surface area contributed by atoms with E-state index in [0.717, 1.165) is 78.3 Å². The molecule has 9 heteroatoms. The molecule has 4 aromatic rings. The van der Waals surface area contributed by atoms with E-state index in [1.165, 1.54) is 11.9 Å². The van der Waals surface area contributed by atoms with E-state index in [4.69, 9.17) is 6.42 Å². The summed E-state index contributed by atoms with van der Waals surface area (Å²) in [6.07, 6.45) is 2.86. The van der Waals surface area contributed by atoms with Gasteiger partial charge in [-0.25, -0.2) is 9.97 Å². The molecule has 2 aliphatic rings. The Balaban J connectivity index is 1.13. The van der Waals surface area contributed by atoms with Crippen molar-refractivity contribution in [2.75, 3.05) is 31.1 Å². The van der Waals surface area contributed by atoms with Crippen molar-refractivity contribution in [1.82, 2.24) is 19.9 Å². The minimum atomic E-state index is -4.23. The van der Waals surface area contributed by atoms with Crippen LogP contribution in [0.4, 0.5) is 19.0 Å². The number of likely N-dealkylation sites (tertiary alicyclic amines) is 1. The van der Waals surface area contributed by atoms with E-state index in [0.29, 0.717) is 4.83 Å². The summed E-state index contributed by atoms with van der Waals surface area (Å²) in [5.41, 5.74) is 3.29. The highest BCUT2D eigenvalue weighted by molar-refractivity contribution is 7.18. The number of hydrogen-bond acceptors (Lipinski definition) is 5. The van der Waals surface area contributed by atoms with Gasteiger partial charge in [-0.15, -0.1) is 17.8 Å². The fraction of sp³-hybridized carbons (Fsp3) is 0.360. The molecular weight excluding hydrogens is 459 g/mol. The second kappa shape index (κ2) is 7.72. The van der Waals surface area contributed by atoms with Crippen molar-refractivity contribution in [2.24, 2.45) is 5.41 Å². The Morgan fingerprint density at radius 3 is 2.79 bits per heavy atom. The predicted octanol–water partition coefficient (Wildman–Crippen LogP) is 4.97. The van der Waals surface area contributed by atoms with Gasteiger partial charge in [0.1, 0.15) is 17.0 Å². The molecule has 0 atom stereocenters. The first kappa shape index (κ1) is 21.4. The van der Waals surface area contributed by atoms with Gasteiger partial charge in [0.25, 0.3) is 0 Å². The van der Waals surface area contributed by atoms with Gasteiger partial charge in [-0.05, 0) is 30.2 Å². The van der Waals surface area contributed by atoms with Crippen LogP contribution in [-0.4, -0.2) is 52.2 Å². The van der Waals surface area contributed by atoms with Gasteiger partial charge >= 0.3 is 6.18 Å². The number of nitrogens with one attached hydrogen (secondary N) is 1. The third-order valence-electron chi connectivity index (χ3n) is 6.84. The van der Waals surface area contributed by atoms with Crippen molar-refractivity contribution in [3.05, 3.63) is 52.8 Å². The highest BCUT2D eigenvalue weighted by atomic mass is 32.1. The predicted molar refractivity (Wildman–Crippen MR) is 128 cm³/mol.